The third kappa shape index (κ3) is 5.84. The third-order valence-corrected chi connectivity index (χ3v) is 5.06. The molecule has 0 aromatic heterocycles. The van der Waals surface area contributed by atoms with Gasteiger partial charge in [-0.2, -0.15) is 13.2 Å². The number of halogens is 3. The smallest absolute Gasteiger partial charge is 0.423 e. The van der Waals surface area contributed by atoms with Crippen LogP contribution in [0.15, 0.2) is 42.5 Å². The van der Waals surface area contributed by atoms with Crippen LogP contribution in [-0.4, -0.2) is 23.7 Å². The number of rotatable bonds is 6. The maximum atomic E-state index is 12.9. The Hall–Kier alpha value is -2.32. The second-order valence-electron chi connectivity index (χ2n) is 7.83. The van der Waals surface area contributed by atoms with E-state index in [0.29, 0.717) is 11.2 Å². The molecule has 29 heavy (non-hydrogen) atoms. The van der Waals surface area contributed by atoms with Gasteiger partial charge in [-0.15, -0.1) is 0 Å². The molecule has 2 N–H and O–H groups in total. The van der Waals surface area contributed by atoms with Gasteiger partial charge in [-0.1, -0.05) is 31.5 Å². The molecule has 0 bridgehead atoms. The summed E-state index contributed by atoms with van der Waals surface area (Å²) in [6.07, 6.45) is -4.53. The van der Waals surface area contributed by atoms with E-state index >= 15 is 0 Å². The monoisotopic (exact) mass is 407 g/mol. The molecular weight excluding hydrogens is 382 g/mol. The Morgan fingerprint density at radius 1 is 1.14 bits per heavy atom. The average molecular weight is 407 g/mol. The maximum absolute atomic E-state index is 12.9. The SMILES string of the molecule is Cc1ccc(NC(=O)c2cccc(C(F)(F)F)c2)cc1B(O)OC(C)(C)C(C)C. The zero-order chi connectivity index (χ0) is 22.0. The summed E-state index contributed by atoms with van der Waals surface area (Å²) in [5.74, 6) is -0.523. The van der Waals surface area contributed by atoms with Crippen molar-refractivity contribution in [2.75, 3.05) is 5.32 Å². The first kappa shape index (κ1) is 23.0. The highest BCUT2D eigenvalue weighted by Crippen LogP contribution is 2.29. The van der Waals surface area contributed by atoms with E-state index in [0.717, 1.165) is 17.7 Å². The van der Waals surface area contributed by atoms with Crippen molar-refractivity contribution in [3.05, 3.63) is 59.2 Å². The molecule has 2 rings (SSSR count). The van der Waals surface area contributed by atoms with Crippen LogP contribution in [-0.2, 0) is 10.8 Å². The van der Waals surface area contributed by atoms with E-state index in [1.807, 2.05) is 27.7 Å². The minimum absolute atomic E-state index is 0.111. The lowest BCUT2D eigenvalue weighted by Crippen LogP contribution is -2.45. The highest BCUT2D eigenvalue weighted by molar-refractivity contribution is 6.60. The first-order valence-corrected chi connectivity index (χ1v) is 9.26. The van der Waals surface area contributed by atoms with Crippen molar-refractivity contribution in [2.45, 2.75) is 46.4 Å². The van der Waals surface area contributed by atoms with E-state index in [4.69, 9.17) is 4.65 Å². The number of hydrogen-bond donors (Lipinski definition) is 2. The molecule has 0 atom stereocenters. The molecule has 8 heteroatoms. The van der Waals surface area contributed by atoms with E-state index in [9.17, 15) is 23.0 Å². The van der Waals surface area contributed by atoms with Gasteiger partial charge < -0.3 is 15.0 Å². The Bertz CT molecular complexity index is 882. The van der Waals surface area contributed by atoms with Crippen LogP contribution in [0.2, 0.25) is 0 Å². The Balaban J connectivity index is 2.23. The molecule has 0 radical (unpaired) electrons. The molecule has 156 valence electrons. The number of amides is 1. The second-order valence-corrected chi connectivity index (χ2v) is 7.83. The van der Waals surface area contributed by atoms with Crippen molar-refractivity contribution in [3.8, 4) is 0 Å². The van der Waals surface area contributed by atoms with Gasteiger partial charge in [0.05, 0.1) is 11.2 Å². The van der Waals surface area contributed by atoms with Gasteiger partial charge in [-0.3, -0.25) is 4.79 Å². The summed E-state index contributed by atoms with van der Waals surface area (Å²) in [5, 5.41) is 13.1. The number of carbonyl (C=O) groups is 1. The minimum atomic E-state index is -4.53. The fourth-order valence-electron chi connectivity index (χ4n) is 2.51. The van der Waals surface area contributed by atoms with Gasteiger partial charge in [-0.25, -0.2) is 0 Å². The lowest BCUT2D eigenvalue weighted by atomic mass is 9.74. The summed E-state index contributed by atoms with van der Waals surface area (Å²) in [4.78, 5) is 12.4. The Kier molecular flexibility index (Phi) is 6.80. The number of nitrogens with one attached hydrogen (secondary N) is 1. The Morgan fingerprint density at radius 3 is 2.38 bits per heavy atom. The molecule has 4 nitrogen and oxygen atoms in total. The predicted octanol–water partition coefficient (Wildman–Crippen LogP) is 4.40. The largest absolute Gasteiger partial charge is 0.491 e. The predicted molar refractivity (Wildman–Crippen MR) is 108 cm³/mol. The molecule has 2 aromatic rings. The molecule has 0 saturated carbocycles. The van der Waals surface area contributed by atoms with Crippen LogP contribution < -0.4 is 10.8 Å². The maximum Gasteiger partial charge on any atom is 0.491 e. The molecule has 0 aliphatic heterocycles. The van der Waals surface area contributed by atoms with Gasteiger partial charge >= 0.3 is 13.3 Å². The summed E-state index contributed by atoms with van der Waals surface area (Å²) < 4.78 is 44.4. The van der Waals surface area contributed by atoms with Crippen LogP contribution in [0.1, 0.15) is 49.2 Å². The van der Waals surface area contributed by atoms with Gasteiger partial charge in [0.2, 0.25) is 0 Å². The van der Waals surface area contributed by atoms with Crippen LogP contribution in [0.5, 0.6) is 0 Å². The summed E-state index contributed by atoms with van der Waals surface area (Å²) >= 11 is 0. The summed E-state index contributed by atoms with van der Waals surface area (Å²) in [6, 6.07) is 9.07. The molecule has 0 heterocycles. The fourth-order valence-corrected chi connectivity index (χ4v) is 2.51. The molecule has 2 aromatic carbocycles. The number of benzene rings is 2. The van der Waals surface area contributed by atoms with Crippen molar-refractivity contribution in [3.63, 3.8) is 0 Å². The average Bonchev–Trinajstić information content (AvgIpc) is 2.62. The molecule has 0 saturated heterocycles. The van der Waals surface area contributed by atoms with Crippen LogP contribution in [0, 0.1) is 12.8 Å². The molecular formula is C21H25BF3NO3. The van der Waals surface area contributed by atoms with Crippen molar-refractivity contribution in [1.29, 1.82) is 0 Å². The molecule has 0 unspecified atom stereocenters. The lowest BCUT2D eigenvalue weighted by Gasteiger charge is -2.31. The van der Waals surface area contributed by atoms with Crippen LogP contribution in [0.3, 0.4) is 0 Å². The highest BCUT2D eigenvalue weighted by atomic mass is 19.4. The summed E-state index contributed by atoms with van der Waals surface area (Å²) in [5.41, 5.74) is -0.00903. The standard InChI is InChI=1S/C21H25BF3NO3/c1-13(2)20(4,5)29-22(28)18-12-17(10-9-14(18)3)26-19(27)15-7-6-8-16(11-15)21(23,24)25/h6-13,28H,1-5H3,(H,26,27). The van der Waals surface area contributed by atoms with Crippen LogP contribution >= 0.6 is 0 Å². The van der Waals surface area contributed by atoms with Crippen LogP contribution in [0.25, 0.3) is 0 Å². The summed E-state index contributed by atoms with van der Waals surface area (Å²) in [6.45, 7) is 9.49. The van der Waals surface area contributed by atoms with E-state index in [2.05, 4.69) is 5.32 Å². The van der Waals surface area contributed by atoms with Crippen molar-refractivity contribution >= 4 is 24.2 Å². The number of aryl methyl sites for hydroxylation is 1. The number of alkyl halides is 3. The van der Waals surface area contributed by atoms with Gasteiger partial charge in [-0.05, 0) is 62.5 Å². The molecule has 0 spiro atoms. The zero-order valence-corrected chi connectivity index (χ0v) is 17.1. The minimum Gasteiger partial charge on any atom is -0.423 e. The highest BCUT2D eigenvalue weighted by Gasteiger charge is 2.32. The lowest BCUT2D eigenvalue weighted by molar-refractivity contribution is -0.137. The van der Waals surface area contributed by atoms with Crippen molar-refractivity contribution in [2.24, 2.45) is 5.92 Å². The second kappa shape index (κ2) is 8.59. The van der Waals surface area contributed by atoms with Crippen molar-refractivity contribution < 1.29 is 27.6 Å². The normalized spacial score (nSPS) is 12.2. The van der Waals surface area contributed by atoms with Gasteiger partial charge in [0, 0.05) is 11.3 Å². The zero-order valence-electron chi connectivity index (χ0n) is 17.1. The van der Waals surface area contributed by atoms with Gasteiger partial charge in [0.1, 0.15) is 0 Å². The first-order valence-electron chi connectivity index (χ1n) is 9.26. The number of hydrogen-bond acceptors (Lipinski definition) is 3. The van der Waals surface area contributed by atoms with Gasteiger partial charge in [0.15, 0.2) is 0 Å². The topological polar surface area (TPSA) is 58.6 Å². The first-order chi connectivity index (χ1) is 13.3. The third-order valence-electron chi connectivity index (χ3n) is 5.06. The molecule has 1 amide bonds. The molecule has 0 aliphatic rings. The van der Waals surface area contributed by atoms with E-state index in [1.165, 1.54) is 12.1 Å². The van der Waals surface area contributed by atoms with E-state index in [-0.39, 0.29) is 11.5 Å². The quantitative estimate of drug-likeness (QED) is 0.698. The molecule has 0 aliphatic carbocycles. The number of carbonyl (C=O) groups excluding carboxylic acids is 1. The summed E-state index contributed by atoms with van der Waals surface area (Å²) in [7, 11) is -1.21. The molecule has 0 fully saturated rings. The van der Waals surface area contributed by atoms with E-state index < -0.39 is 30.4 Å². The Labute approximate surface area is 169 Å². The number of anilines is 1. The van der Waals surface area contributed by atoms with Crippen molar-refractivity contribution in [1.82, 2.24) is 0 Å². The van der Waals surface area contributed by atoms with Gasteiger partial charge in [0.25, 0.3) is 5.91 Å². The fraction of sp³-hybridized carbons (Fsp3) is 0.381. The van der Waals surface area contributed by atoms with E-state index in [1.54, 1.807) is 25.1 Å². The Morgan fingerprint density at radius 2 is 1.79 bits per heavy atom. The van der Waals surface area contributed by atoms with Crippen LogP contribution in [0.4, 0.5) is 18.9 Å².